The van der Waals surface area contributed by atoms with Crippen LogP contribution in [0.4, 0.5) is 0 Å². The predicted octanol–water partition coefficient (Wildman–Crippen LogP) is 4.56. The lowest BCUT2D eigenvalue weighted by Gasteiger charge is -2.56. The summed E-state index contributed by atoms with van der Waals surface area (Å²) in [7, 11) is 0. The third-order valence-electron chi connectivity index (χ3n) is 6.79. The van der Waals surface area contributed by atoms with E-state index in [0.717, 1.165) is 34.6 Å². The topological polar surface area (TPSA) is 55.1 Å². The van der Waals surface area contributed by atoms with Crippen molar-refractivity contribution in [3.8, 4) is 11.3 Å². The summed E-state index contributed by atoms with van der Waals surface area (Å²) in [5.74, 6) is 3.68. The van der Waals surface area contributed by atoms with Crippen molar-refractivity contribution < 1.29 is 9.21 Å². The van der Waals surface area contributed by atoms with Crippen LogP contribution in [-0.4, -0.2) is 10.9 Å². The van der Waals surface area contributed by atoms with Gasteiger partial charge in [0.25, 0.3) is 0 Å². The van der Waals surface area contributed by atoms with Crippen LogP contribution >= 0.6 is 0 Å². The van der Waals surface area contributed by atoms with Crippen LogP contribution in [-0.2, 0) is 11.3 Å². The Balaban J connectivity index is 1.21. The van der Waals surface area contributed by atoms with Gasteiger partial charge in [0.05, 0.1) is 6.26 Å². The van der Waals surface area contributed by atoms with Crippen molar-refractivity contribution in [1.29, 1.82) is 0 Å². The van der Waals surface area contributed by atoms with Crippen molar-refractivity contribution in [3.63, 3.8) is 0 Å². The maximum atomic E-state index is 12.7. The molecule has 4 saturated carbocycles. The lowest BCUT2D eigenvalue weighted by molar-refractivity contribution is -0.129. The lowest BCUT2D eigenvalue weighted by Crippen LogP contribution is -2.47. The Labute approximate surface area is 154 Å². The second kappa shape index (κ2) is 6.26. The first-order chi connectivity index (χ1) is 12.7. The van der Waals surface area contributed by atoms with Crippen molar-refractivity contribution in [2.75, 3.05) is 0 Å². The third-order valence-corrected chi connectivity index (χ3v) is 6.79. The molecule has 0 radical (unpaired) electrons. The average Bonchev–Trinajstić information content (AvgIpc) is 3.13. The number of amides is 1. The molecule has 2 aromatic rings. The molecule has 1 N–H and O–H groups in total. The molecule has 1 amide bonds. The second-order valence-electron chi connectivity index (χ2n) is 8.93. The van der Waals surface area contributed by atoms with Crippen molar-refractivity contribution in [1.82, 2.24) is 10.3 Å². The Morgan fingerprint density at radius 1 is 1.15 bits per heavy atom. The number of pyridine rings is 1. The van der Waals surface area contributed by atoms with Crippen LogP contribution in [0, 0.1) is 23.2 Å². The zero-order valence-electron chi connectivity index (χ0n) is 15.1. The number of carbonyl (C=O) groups is 1. The molecule has 136 valence electrons. The summed E-state index contributed by atoms with van der Waals surface area (Å²) in [5.41, 5.74) is 2.26. The van der Waals surface area contributed by atoms with Gasteiger partial charge in [0.15, 0.2) is 0 Å². The van der Waals surface area contributed by atoms with E-state index in [0.29, 0.717) is 18.4 Å². The Morgan fingerprint density at radius 2 is 1.88 bits per heavy atom. The van der Waals surface area contributed by atoms with Crippen LogP contribution in [0.3, 0.4) is 0 Å². The Bertz CT molecular complexity index is 761. The molecule has 6 rings (SSSR count). The molecule has 0 spiro atoms. The summed E-state index contributed by atoms with van der Waals surface area (Å²) in [4.78, 5) is 17.0. The van der Waals surface area contributed by atoms with Crippen LogP contribution in [0.5, 0.6) is 0 Å². The zero-order valence-corrected chi connectivity index (χ0v) is 15.1. The van der Waals surface area contributed by atoms with E-state index in [1.165, 1.54) is 38.5 Å². The van der Waals surface area contributed by atoms with Gasteiger partial charge in [-0.05, 0) is 85.5 Å². The Kier molecular flexibility index (Phi) is 3.87. The van der Waals surface area contributed by atoms with Crippen LogP contribution in [0.2, 0.25) is 0 Å². The summed E-state index contributed by atoms with van der Waals surface area (Å²) in [6.07, 6.45) is 14.1. The maximum Gasteiger partial charge on any atom is 0.220 e. The van der Waals surface area contributed by atoms with E-state index >= 15 is 0 Å². The van der Waals surface area contributed by atoms with E-state index in [2.05, 4.69) is 10.3 Å². The van der Waals surface area contributed by atoms with Crippen LogP contribution in [0.25, 0.3) is 11.3 Å². The van der Waals surface area contributed by atoms with Gasteiger partial charge in [-0.3, -0.25) is 9.78 Å². The molecule has 0 atom stereocenters. The Morgan fingerprint density at radius 3 is 2.54 bits per heavy atom. The van der Waals surface area contributed by atoms with Gasteiger partial charge in [0, 0.05) is 30.9 Å². The monoisotopic (exact) mass is 350 g/mol. The smallest absolute Gasteiger partial charge is 0.220 e. The standard InChI is InChI=1S/C22H26N2O2/c25-21(11-22-8-15-4-16(9-22)6-17(5-15)10-22)24-13-18-7-19(14-23-12-18)20-2-1-3-26-20/h1-3,7,12,14-17H,4-6,8-11,13H2,(H,24,25). The molecule has 4 aliphatic rings. The number of nitrogens with zero attached hydrogens (tertiary/aromatic N) is 1. The third kappa shape index (κ3) is 3.06. The van der Waals surface area contributed by atoms with E-state index in [4.69, 9.17) is 4.42 Å². The van der Waals surface area contributed by atoms with E-state index < -0.39 is 0 Å². The molecular formula is C22H26N2O2. The van der Waals surface area contributed by atoms with Crippen molar-refractivity contribution in [2.24, 2.45) is 23.2 Å². The second-order valence-corrected chi connectivity index (χ2v) is 8.93. The molecule has 2 heterocycles. The highest BCUT2D eigenvalue weighted by molar-refractivity contribution is 5.76. The van der Waals surface area contributed by atoms with E-state index in [9.17, 15) is 4.79 Å². The Hall–Kier alpha value is -2.10. The largest absolute Gasteiger partial charge is 0.464 e. The number of nitrogens with one attached hydrogen (secondary N) is 1. The minimum atomic E-state index is 0.204. The highest BCUT2D eigenvalue weighted by Crippen LogP contribution is 2.61. The number of hydrogen-bond donors (Lipinski definition) is 1. The molecule has 0 aromatic carbocycles. The fourth-order valence-corrected chi connectivity index (χ4v) is 6.27. The molecule has 4 aliphatic carbocycles. The molecule has 4 fully saturated rings. The van der Waals surface area contributed by atoms with Gasteiger partial charge >= 0.3 is 0 Å². The van der Waals surface area contributed by atoms with Crippen molar-refractivity contribution in [3.05, 3.63) is 42.4 Å². The van der Waals surface area contributed by atoms with Gasteiger partial charge in [-0.15, -0.1) is 0 Å². The SMILES string of the molecule is O=C(CC12CC3CC(CC(C3)C1)C2)NCc1cncc(-c2ccco2)c1. The highest BCUT2D eigenvalue weighted by atomic mass is 16.3. The quantitative estimate of drug-likeness (QED) is 0.860. The number of hydrogen-bond acceptors (Lipinski definition) is 3. The van der Waals surface area contributed by atoms with Gasteiger partial charge < -0.3 is 9.73 Å². The van der Waals surface area contributed by atoms with E-state index in [1.807, 2.05) is 24.4 Å². The summed E-state index contributed by atoms with van der Waals surface area (Å²) < 4.78 is 5.43. The molecule has 0 unspecified atom stereocenters. The van der Waals surface area contributed by atoms with Gasteiger partial charge in [0.1, 0.15) is 5.76 Å². The van der Waals surface area contributed by atoms with E-state index in [1.54, 1.807) is 12.5 Å². The van der Waals surface area contributed by atoms with Crippen LogP contribution in [0.1, 0.15) is 50.5 Å². The molecular weight excluding hydrogens is 324 g/mol. The van der Waals surface area contributed by atoms with Gasteiger partial charge in [-0.1, -0.05) is 0 Å². The summed E-state index contributed by atoms with van der Waals surface area (Å²) in [6.45, 7) is 0.534. The molecule has 0 aliphatic heterocycles. The fourth-order valence-electron chi connectivity index (χ4n) is 6.27. The number of carbonyl (C=O) groups excluding carboxylic acids is 1. The summed E-state index contributed by atoms with van der Waals surface area (Å²) in [6, 6.07) is 5.83. The average molecular weight is 350 g/mol. The molecule has 4 heteroatoms. The van der Waals surface area contributed by atoms with E-state index in [-0.39, 0.29) is 5.91 Å². The first kappa shape index (κ1) is 16.1. The lowest BCUT2D eigenvalue weighted by atomic mass is 9.49. The van der Waals surface area contributed by atoms with Crippen molar-refractivity contribution in [2.45, 2.75) is 51.5 Å². The van der Waals surface area contributed by atoms with Crippen LogP contribution in [0.15, 0.2) is 41.3 Å². The number of furan rings is 1. The molecule has 4 nitrogen and oxygen atoms in total. The minimum absolute atomic E-state index is 0.204. The summed E-state index contributed by atoms with van der Waals surface area (Å²) >= 11 is 0. The predicted molar refractivity (Wildman–Crippen MR) is 99.0 cm³/mol. The first-order valence-electron chi connectivity index (χ1n) is 9.92. The molecule has 4 bridgehead atoms. The highest BCUT2D eigenvalue weighted by Gasteiger charge is 2.51. The molecule has 0 saturated heterocycles. The first-order valence-corrected chi connectivity index (χ1v) is 9.92. The maximum absolute atomic E-state index is 12.7. The van der Waals surface area contributed by atoms with Crippen LogP contribution < -0.4 is 5.32 Å². The normalized spacial score (nSPS) is 31.9. The van der Waals surface area contributed by atoms with Gasteiger partial charge in [-0.2, -0.15) is 0 Å². The zero-order chi connectivity index (χ0) is 17.6. The van der Waals surface area contributed by atoms with Gasteiger partial charge in [0.2, 0.25) is 5.91 Å². The van der Waals surface area contributed by atoms with Crippen molar-refractivity contribution >= 4 is 5.91 Å². The minimum Gasteiger partial charge on any atom is -0.464 e. The van der Waals surface area contributed by atoms with Gasteiger partial charge in [-0.25, -0.2) is 0 Å². The molecule has 26 heavy (non-hydrogen) atoms. The number of aromatic nitrogens is 1. The number of rotatable bonds is 5. The summed E-state index contributed by atoms with van der Waals surface area (Å²) in [5, 5.41) is 3.14. The fraction of sp³-hybridized carbons (Fsp3) is 0.545. The molecule has 2 aromatic heterocycles.